The fourth-order valence-electron chi connectivity index (χ4n) is 3.33. The molecule has 5 nitrogen and oxygen atoms in total. The van der Waals surface area contributed by atoms with Gasteiger partial charge in [-0.3, -0.25) is 19.7 Å². The molecule has 1 spiro atoms. The first-order valence-corrected chi connectivity index (χ1v) is 7.48. The second-order valence-corrected chi connectivity index (χ2v) is 6.23. The van der Waals surface area contributed by atoms with Crippen molar-refractivity contribution in [1.82, 2.24) is 10.2 Å². The zero-order chi connectivity index (χ0) is 17.5. The first kappa shape index (κ1) is 16.5. The highest BCUT2D eigenvalue weighted by atomic mass is 19.4. The molecule has 0 bridgehead atoms. The van der Waals surface area contributed by atoms with Crippen molar-refractivity contribution >= 4 is 17.7 Å². The molecule has 2 fully saturated rings. The number of rotatable bonds is 2. The van der Waals surface area contributed by atoms with Crippen LogP contribution in [0.25, 0.3) is 0 Å². The molecule has 3 amide bonds. The number of hydrogen-bond acceptors (Lipinski definition) is 3. The molecule has 1 aromatic carbocycles. The van der Waals surface area contributed by atoms with Gasteiger partial charge in [0.05, 0.1) is 17.4 Å². The fourth-order valence-corrected chi connectivity index (χ4v) is 3.33. The van der Waals surface area contributed by atoms with Crippen LogP contribution in [0.4, 0.5) is 13.2 Å². The molecule has 3 rings (SSSR count). The van der Waals surface area contributed by atoms with Crippen LogP contribution in [0.15, 0.2) is 24.3 Å². The highest BCUT2D eigenvalue weighted by Gasteiger charge is 2.51. The van der Waals surface area contributed by atoms with Crippen molar-refractivity contribution in [2.45, 2.75) is 25.4 Å². The van der Waals surface area contributed by atoms with Gasteiger partial charge in [-0.2, -0.15) is 13.2 Å². The molecule has 1 atom stereocenters. The molecule has 8 heteroatoms. The Bertz CT molecular complexity index is 717. The topological polar surface area (TPSA) is 66.5 Å². The molecule has 0 aromatic heterocycles. The largest absolute Gasteiger partial charge is 0.416 e. The van der Waals surface area contributed by atoms with Crippen LogP contribution in [0.5, 0.6) is 0 Å². The van der Waals surface area contributed by atoms with E-state index in [0.717, 1.165) is 6.07 Å². The SMILES string of the molecule is O=C1C[C@]2(CCN(C(=O)Cc3ccccc3C(F)(F)F)C2)C(=O)N1. The quantitative estimate of drug-likeness (QED) is 0.830. The molecule has 2 aliphatic heterocycles. The average Bonchev–Trinajstić information content (AvgIpc) is 3.03. The summed E-state index contributed by atoms with van der Waals surface area (Å²) < 4.78 is 39.0. The second-order valence-electron chi connectivity index (χ2n) is 6.23. The summed E-state index contributed by atoms with van der Waals surface area (Å²) in [5, 5.41) is 2.22. The third-order valence-corrected chi connectivity index (χ3v) is 4.60. The van der Waals surface area contributed by atoms with Crippen LogP contribution in [-0.4, -0.2) is 35.7 Å². The van der Waals surface area contributed by atoms with Gasteiger partial charge in [0.25, 0.3) is 0 Å². The van der Waals surface area contributed by atoms with E-state index in [4.69, 9.17) is 0 Å². The van der Waals surface area contributed by atoms with Crippen molar-refractivity contribution in [2.24, 2.45) is 5.41 Å². The minimum absolute atomic E-state index is 0.0226. The lowest BCUT2D eigenvalue weighted by molar-refractivity contribution is -0.138. The fraction of sp³-hybridized carbons (Fsp3) is 0.438. The Balaban J connectivity index is 1.74. The number of nitrogens with one attached hydrogen (secondary N) is 1. The van der Waals surface area contributed by atoms with Gasteiger partial charge in [-0.25, -0.2) is 0 Å². The number of likely N-dealkylation sites (tertiary alicyclic amines) is 1. The number of hydrogen-bond donors (Lipinski definition) is 1. The predicted molar refractivity (Wildman–Crippen MR) is 76.5 cm³/mol. The van der Waals surface area contributed by atoms with Crippen LogP contribution >= 0.6 is 0 Å². The summed E-state index contributed by atoms with van der Waals surface area (Å²) in [6.45, 7) is 0.325. The van der Waals surface area contributed by atoms with Gasteiger partial charge in [-0.15, -0.1) is 0 Å². The number of nitrogens with zero attached hydrogens (tertiary/aromatic N) is 1. The van der Waals surface area contributed by atoms with Gasteiger partial charge in [0.2, 0.25) is 17.7 Å². The van der Waals surface area contributed by atoms with E-state index in [0.29, 0.717) is 6.42 Å². The molecular formula is C16H15F3N2O3. The highest BCUT2D eigenvalue weighted by molar-refractivity contribution is 6.06. The maximum Gasteiger partial charge on any atom is 0.416 e. The Kier molecular flexibility index (Phi) is 3.85. The van der Waals surface area contributed by atoms with Crippen molar-refractivity contribution in [3.05, 3.63) is 35.4 Å². The number of carbonyl (C=O) groups is 3. The van der Waals surface area contributed by atoms with E-state index in [-0.39, 0.29) is 37.4 Å². The van der Waals surface area contributed by atoms with Crippen molar-refractivity contribution < 1.29 is 27.6 Å². The van der Waals surface area contributed by atoms with E-state index in [1.807, 2.05) is 0 Å². The summed E-state index contributed by atoms with van der Waals surface area (Å²) >= 11 is 0. The third-order valence-electron chi connectivity index (χ3n) is 4.60. The Morgan fingerprint density at radius 2 is 1.96 bits per heavy atom. The lowest BCUT2D eigenvalue weighted by Crippen LogP contribution is -2.37. The number of carbonyl (C=O) groups excluding carboxylic acids is 3. The number of amides is 3. The Morgan fingerprint density at radius 1 is 1.25 bits per heavy atom. The number of alkyl halides is 3. The van der Waals surface area contributed by atoms with Crippen LogP contribution in [0.2, 0.25) is 0 Å². The maximum atomic E-state index is 13.0. The van der Waals surface area contributed by atoms with Gasteiger partial charge < -0.3 is 4.90 Å². The molecule has 1 N–H and O–H groups in total. The lowest BCUT2D eigenvalue weighted by Gasteiger charge is -2.21. The number of benzene rings is 1. The molecule has 24 heavy (non-hydrogen) atoms. The van der Waals surface area contributed by atoms with Crippen molar-refractivity contribution in [3.63, 3.8) is 0 Å². The zero-order valence-corrected chi connectivity index (χ0v) is 12.7. The van der Waals surface area contributed by atoms with E-state index in [9.17, 15) is 27.6 Å². The summed E-state index contributed by atoms with van der Waals surface area (Å²) in [6, 6.07) is 4.94. The molecule has 2 heterocycles. The first-order valence-electron chi connectivity index (χ1n) is 7.48. The van der Waals surface area contributed by atoms with E-state index in [1.165, 1.54) is 23.1 Å². The monoisotopic (exact) mass is 340 g/mol. The molecule has 1 aromatic rings. The van der Waals surface area contributed by atoms with Crippen molar-refractivity contribution in [2.75, 3.05) is 13.1 Å². The normalized spacial score (nSPS) is 23.9. The van der Waals surface area contributed by atoms with Crippen LogP contribution < -0.4 is 5.32 Å². The summed E-state index contributed by atoms with van der Waals surface area (Å²) in [6.07, 6.45) is -4.55. The Morgan fingerprint density at radius 3 is 2.58 bits per heavy atom. The minimum Gasteiger partial charge on any atom is -0.341 e. The zero-order valence-electron chi connectivity index (χ0n) is 12.7. The van der Waals surface area contributed by atoms with Crippen molar-refractivity contribution in [1.29, 1.82) is 0 Å². The molecule has 2 aliphatic rings. The smallest absolute Gasteiger partial charge is 0.341 e. The van der Waals surface area contributed by atoms with Crippen LogP contribution in [-0.2, 0) is 27.0 Å². The van der Waals surface area contributed by atoms with Gasteiger partial charge in [-0.1, -0.05) is 18.2 Å². The first-order chi connectivity index (χ1) is 11.2. The predicted octanol–water partition coefficient (Wildman–Crippen LogP) is 1.51. The van der Waals surface area contributed by atoms with Crippen molar-refractivity contribution in [3.8, 4) is 0 Å². The molecule has 2 saturated heterocycles. The minimum atomic E-state index is -4.53. The van der Waals surface area contributed by atoms with Crippen LogP contribution in [0.3, 0.4) is 0 Å². The van der Waals surface area contributed by atoms with E-state index in [2.05, 4.69) is 5.32 Å². The molecule has 0 saturated carbocycles. The molecule has 0 radical (unpaired) electrons. The van der Waals surface area contributed by atoms with Gasteiger partial charge in [0.15, 0.2) is 0 Å². The van der Waals surface area contributed by atoms with Gasteiger partial charge in [0.1, 0.15) is 0 Å². The standard InChI is InChI=1S/C16H15F3N2O3/c17-16(18,19)11-4-2-1-3-10(11)7-13(23)21-6-5-15(9-21)8-12(22)20-14(15)24/h1-4H,5-9H2,(H,20,22,24)/t15-/m0/s1. The summed E-state index contributed by atoms with van der Waals surface area (Å²) in [5.41, 5.74) is -1.85. The Hall–Kier alpha value is -2.38. The van der Waals surface area contributed by atoms with E-state index < -0.39 is 29.0 Å². The van der Waals surface area contributed by atoms with Crippen LogP contribution in [0, 0.1) is 5.41 Å². The van der Waals surface area contributed by atoms with E-state index >= 15 is 0 Å². The molecular weight excluding hydrogens is 325 g/mol. The second kappa shape index (κ2) is 5.61. The van der Waals surface area contributed by atoms with Crippen LogP contribution in [0.1, 0.15) is 24.0 Å². The molecule has 0 unspecified atom stereocenters. The van der Waals surface area contributed by atoms with Gasteiger partial charge in [-0.05, 0) is 18.1 Å². The molecule has 0 aliphatic carbocycles. The Labute approximate surface area is 135 Å². The molecule has 128 valence electrons. The number of imide groups is 1. The third kappa shape index (κ3) is 2.88. The van der Waals surface area contributed by atoms with Gasteiger partial charge in [0, 0.05) is 19.5 Å². The maximum absolute atomic E-state index is 13.0. The lowest BCUT2D eigenvalue weighted by atomic mass is 9.85. The summed E-state index contributed by atoms with van der Waals surface area (Å²) in [5.74, 6) is -1.26. The average molecular weight is 340 g/mol. The van der Waals surface area contributed by atoms with Gasteiger partial charge >= 0.3 is 6.18 Å². The highest BCUT2D eigenvalue weighted by Crippen LogP contribution is 2.38. The number of halogens is 3. The summed E-state index contributed by atoms with van der Waals surface area (Å²) in [4.78, 5) is 37.0. The summed E-state index contributed by atoms with van der Waals surface area (Å²) in [7, 11) is 0. The van der Waals surface area contributed by atoms with E-state index in [1.54, 1.807) is 0 Å².